The molecule has 1 rings (SSSR count). The summed E-state index contributed by atoms with van der Waals surface area (Å²) in [5.41, 5.74) is 5.80. The molecule has 0 bridgehead atoms. The molecule has 0 radical (unpaired) electrons. The van der Waals surface area contributed by atoms with Gasteiger partial charge in [-0.15, -0.1) is 0 Å². The van der Waals surface area contributed by atoms with Crippen molar-refractivity contribution in [3.8, 4) is 0 Å². The minimum atomic E-state index is -1.51. The Morgan fingerprint density at radius 2 is 1.95 bits per heavy atom. The number of aliphatic hydroxyl groups is 1. The van der Waals surface area contributed by atoms with Crippen LogP contribution >= 0.6 is 0 Å². The van der Waals surface area contributed by atoms with Gasteiger partial charge in [-0.05, 0) is 0 Å². The topological polar surface area (TPSA) is 117 Å². The zero-order valence-electron chi connectivity index (χ0n) is 11.1. The number of aliphatic hydroxyl groups excluding tert-OH is 1. The van der Waals surface area contributed by atoms with Crippen molar-refractivity contribution in [2.24, 2.45) is 5.73 Å². The van der Waals surface area contributed by atoms with Crippen LogP contribution in [0.15, 0.2) is 0 Å². The molecule has 0 amide bonds. The monoisotopic (exact) mass is 277 g/mol. The lowest BCUT2D eigenvalue weighted by Gasteiger charge is -2.43. The second-order valence-corrected chi connectivity index (χ2v) is 4.28. The Labute approximate surface area is 110 Å². The van der Waals surface area contributed by atoms with Crippen molar-refractivity contribution in [2.75, 3.05) is 13.7 Å². The fourth-order valence-corrected chi connectivity index (χ4v) is 1.95. The summed E-state index contributed by atoms with van der Waals surface area (Å²) >= 11 is 0. The molecule has 0 spiro atoms. The lowest BCUT2D eigenvalue weighted by Crippen LogP contribution is -2.62. The summed E-state index contributed by atoms with van der Waals surface area (Å²) in [4.78, 5) is 22.2. The molecule has 0 aromatic carbocycles. The molecule has 1 aliphatic rings. The number of carbonyl (C=O) groups is 2. The normalized spacial score (nSPS) is 34.7. The maximum Gasteiger partial charge on any atom is 0.303 e. The fourth-order valence-electron chi connectivity index (χ4n) is 1.95. The van der Waals surface area contributed by atoms with Crippen molar-refractivity contribution in [3.05, 3.63) is 0 Å². The second kappa shape index (κ2) is 6.29. The molecule has 110 valence electrons. The number of nitrogens with two attached hydrogens (primary N) is 1. The highest BCUT2D eigenvalue weighted by molar-refractivity contribution is 5.67. The molecule has 0 unspecified atom stereocenters. The molecule has 4 atom stereocenters. The van der Waals surface area contributed by atoms with Crippen LogP contribution in [0.4, 0.5) is 0 Å². The average molecular weight is 277 g/mol. The summed E-state index contributed by atoms with van der Waals surface area (Å²) in [6.45, 7) is 1.97. The third kappa shape index (κ3) is 4.13. The van der Waals surface area contributed by atoms with E-state index in [-0.39, 0.29) is 6.42 Å². The number of ether oxygens (including phenoxy) is 4. The molecule has 1 saturated heterocycles. The van der Waals surface area contributed by atoms with E-state index in [0.29, 0.717) is 0 Å². The Kier molecular flexibility index (Phi) is 5.24. The maximum absolute atomic E-state index is 11.1. The van der Waals surface area contributed by atoms with Crippen LogP contribution in [0, 0.1) is 0 Å². The number of carbonyl (C=O) groups excluding carboxylic acids is 2. The smallest absolute Gasteiger partial charge is 0.303 e. The fraction of sp³-hybridized carbons (Fsp3) is 0.818. The van der Waals surface area contributed by atoms with Crippen molar-refractivity contribution < 1.29 is 33.6 Å². The molecule has 0 aromatic rings. The van der Waals surface area contributed by atoms with Gasteiger partial charge in [0, 0.05) is 21.0 Å². The first-order chi connectivity index (χ1) is 8.81. The number of methoxy groups -OCH3 is 1. The van der Waals surface area contributed by atoms with Crippen molar-refractivity contribution >= 4 is 11.9 Å². The van der Waals surface area contributed by atoms with E-state index < -0.39 is 42.8 Å². The molecule has 0 aromatic heterocycles. The Balaban J connectivity index is 2.94. The van der Waals surface area contributed by atoms with Gasteiger partial charge >= 0.3 is 11.9 Å². The van der Waals surface area contributed by atoms with E-state index in [1.807, 2.05) is 0 Å². The van der Waals surface area contributed by atoms with E-state index in [0.717, 1.165) is 0 Å². The van der Waals surface area contributed by atoms with Crippen LogP contribution in [0.2, 0.25) is 0 Å². The van der Waals surface area contributed by atoms with Crippen molar-refractivity contribution in [3.63, 3.8) is 0 Å². The Morgan fingerprint density at radius 3 is 2.37 bits per heavy atom. The highest BCUT2D eigenvalue weighted by Crippen LogP contribution is 2.30. The van der Waals surface area contributed by atoms with E-state index in [2.05, 4.69) is 0 Å². The molecule has 1 fully saturated rings. The van der Waals surface area contributed by atoms with Gasteiger partial charge < -0.3 is 24.1 Å². The molecule has 0 saturated carbocycles. The van der Waals surface area contributed by atoms with Crippen LogP contribution in [-0.2, 0) is 28.5 Å². The summed E-state index contributed by atoms with van der Waals surface area (Å²) in [7, 11) is 1.32. The van der Waals surface area contributed by atoms with Crippen LogP contribution in [-0.4, -0.2) is 55.0 Å². The molecule has 1 aliphatic heterocycles. The highest BCUT2D eigenvalue weighted by Gasteiger charge is 2.49. The van der Waals surface area contributed by atoms with E-state index in [1.165, 1.54) is 21.0 Å². The summed E-state index contributed by atoms with van der Waals surface area (Å²) in [6, 6.07) is 0. The minimum absolute atomic E-state index is 0.0163. The SMILES string of the molecule is CO[C@]1(N)C[C@@H](OC(C)=O)[C@H](OC(C)=O)[C@@H](CO)O1. The highest BCUT2D eigenvalue weighted by atomic mass is 16.7. The zero-order chi connectivity index (χ0) is 14.6. The van der Waals surface area contributed by atoms with E-state index in [1.54, 1.807) is 0 Å². The minimum Gasteiger partial charge on any atom is -0.458 e. The van der Waals surface area contributed by atoms with E-state index in [9.17, 15) is 14.7 Å². The van der Waals surface area contributed by atoms with Gasteiger partial charge in [0.25, 0.3) is 0 Å². The molecule has 0 aliphatic carbocycles. The quantitative estimate of drug-likeness (QED) is 0.490. The first-order valence-electron chi connectivity index (χ1n) is 5.78. The zero-order valence-corrected chi connectivity index (χ0v) is 11.1. The predicted molar refractivity (Wildman–Crippen MR) is 61.6 cm³/mol. The Bertz CT molecular complexity index is 348. The lowest BCUT2D eigenvalue weighted by atomic mass is 9.99. The van der Waals surface area contributed by atoms with Gasteiger partial charge in [-0.1, -0.05) is 0 Å². The van der Waals surface area contributed by atoms with Crippen LogP contribution in [0.25, 0.3) is 0 Å². The molecular formula is C11H19NO7. The average Bonchev–Trinajstić information content (AvgIpc) is 2.31. The number of hydrogen-bond acceptors (Lipinski definition) is 8. The summed E-state index contributed by atoms with van der Waals surface area (Å²) in [5, 5.41) is 9.29. The summed E-state index contributed by atoms with van der Waals surface area (Å²) < 4.78 is 20.4. The van der Waals surface area contributed by atoms with Crippen molar-refractivity contribution in [1.29, 1.82) is 0 Å². The molecule has 1 heterocycles. The molecule has 3 N–H and O–H groups in total. The van der Waals surface area contributed by atoms with Crippen molar-refractivity contribution in [2.45, 2.75) is 44.5 Å². The third-order valence-corrected chi connectivity index (χ3v) is 2.71. The number of rotatable bonds is 4. The molecule has 8 nitrogen and oxygen atoms in total. The molecule has 8 heteroatoms. The Morgan fingerprint density at radius 1 is 1.37 bits per heavy atom. The first-order valence-corrected chi connectivity index (χ1v) is 5.78. The molecular weight excluding hydrogens is 258 g/mol. The maximum atomic E-state index is 11.1. The number of esters is 2. The lowest BCUT2D eigenvalue weighted by molar-refractivity contribution is -0.315. The second-order valence-electron chi connectivity index (χ2n) is 4.28. The van der Waals surface area contributed by atoms with Gasteiger partial charge in [0.1, 0.15) is 12.2 Å². The van der Waals surface area contributed by atoms with Crippen LogP contribution in [0.3, 0.4) is 0 Å². The van der Waals surface area contributed by atoms with E-state index >= 15 is 0 Å². The van der Waals surface area contributed by atoms with Gasteiger partial charge in [-0.3, -0.25) is 15.3 Å². The molecule has 19 heavy (non-hydrogen) atoms. The van der Waals surface area contributed by atoms with Gasteiger partial charge in [-0.2, -0.15) is 0 Å². The van der Waals surface area contributed by atoms with Gasteiger partial charge in [0.2, 0.25) is 5.91 Å². The number of hydrogen-bond donors (Lipinski definition) is 2. The summed E-state index contributed by atoms with van der Waals surface area (Å²) in [6.07, 6.45) is -2.74. The van der Waals surface area contributed by atoms with Crippen molar-refractivity contribution in [1.82, 2.24) is 0 Å². The van der Waals surface area contributed by atoms with Gasteiger partial charge in [-0.25, -0.2) is 0 Å². The third-order valence-electron chi connectivity index (χ3n) is 2.71. The van der Waals surface area contributed by atoms with Crippen LogP contribution < -0.4 is 5.73 Å². The summed E-state index contributed by atoms with van der Waals surface area (Å²) in [5.74, 6) is -2.64. The van der Waals surface area contributed by atoms with Crippen LogP contribution in [0.5, 0.6) is 0 Å². The first kappa shape index (κ1) is 15.8. The largest absolute Gasteiger partial charge is 0.458 e. The van der Waals surface area contributed by atoms with Crippen LogP contribution in [0.1, 0.15) is 20.3 Å². The Hall–Kier alpha value is -1.22. The predicted octanol–water partition coefficient (Wildman–Crippen LogP) is -1.11. The standard InChI is InChI=1S/C11H19NO7/c1-6(14)17-8-4-11(12,16-3)19-9(5-13)10(8)18-7(2)15/h8-10,13H,4-5,12H2,1-3H3/t8-,9-,10+,11-/m1/s1. The van der Waals surface area contributed by atoms with Gasteiger partial charge in [0.05, 0.1) is 13.0 Å². The van der Waals surface area contributed by atoms with Gasteiger partial charge in [0.15, 0.2) is 6.10 Å². The van der Waals surface area contributed by atoms with E-state index in [4.69, 9.17) is 24.7 Å².